The summed E-state index contributed by atoms with van der Waals surface area (Å²) in [6.07, 6.45) is 9.62. The molecule has 5 aromatic rings. The van der Waals surface area contributed by atoms with Gasteiger partial charge in [0.2, 0.25) is 0 Å². The number of carbonyl (C=O) groups excluding carboxylic acids is 1. The van der Waals surface area contributed by atoms with Gasteiger partial charge in [0.25, 0.3) is 0 Å². The Balaban J connectivity index is 0.00000520. The highest BCUT2D eigenvalue weighted by Crippen LogP contribution is 2.56. The lowest BCUT2D eigenvalue weighted by Crippen LogP contribution is -3.00. The fraction of sp³-hybridized carbons (Fsp3) is 0.295. The summed E-state index contributed by atoms with van der Waals surface area (Å²) in [5.74, 6) is 0.852. The molecule has 0 radical (unpaired) electrons. The van der Waals surface area contributed by atoms with E-state index in [4.69, 9.17) is 4.74 Å². The molecule has 0 heterocycles. The third-order valence-electron chi connectivity index (χ3n) is 9.25. The highest BCUT2D eigenvalue weighted by molar-refractivity contribution is 7.95. The van der Waals surface area contributed by atoms with Crippen molar-refractivity contribution in [3.63, 3.8) is 0 Å². The number of benzene rings is 5. The van der Waals surface area contributed by atoms with E-state index in [1.807, 2.05) is 12.1 Å². The Hall–Kier alpha value is -3.52. The third-order valence-corrected chi connectivity index (χ3v) is 13.8. The molecule has 0 spiro atoms. The highest BCUT2D eigenvalue weighted by atomic mass is 79.9. The minimum Gasteiger partial charge on any atom is -1.00 e. The van der Waals surface area contributed by atoms with Gasteiger partial charge in [-0.1, -0.05) is 124 Å². The summed E-state index contributed by atoms with van der Waals surface area (Å²) in [5.41, 5.74) is 4.59. The Kier molecular flexibility index (Phi) is 14.7. The average molecular weight is 722 g/mol. The molecule has 0 saturated heterocycles. The minimum absolute atomic E-state index is 0. The van der Waals surface area contributed by atoms with E-state index in [9.17, 15) is 4.79 Å². The molecule has 2 nitrogen and oxygen atoms in total. The van der Waals surface area contributed by atoms with Gasteiger partial charge in [0.05, 0.1) is 6.16 Å². The Bertz CT molecular complexity index is 1570. The summed E-state index contributed by atoms with van der Waals surface area (Å²) < 4.78 is 5.94. The Morgan fingerprint density at radius 3 is 1.52 bits per heavy atom. The second kappa shape index (κ2) is 18.9. The van der Waals surface area contributed by atoms with E-state index in [0.717, 1.165) is 30.4 Å². The molecule has 48 heavy (non-hydrogen) atoms. The second-order valence-corrected chi connectivity index (χ2v) is 16.6. The van der Waals surface area contributed by atoms with Crippen molar-refractivity contribution in [2.75, 3.05) is 6.16 Å². The zero-order valence-electron chi connectivity index (χ0n) is 28.8. The topological polar surface area (TPSA) is 26.3 Å². The minimum atomic E-state index is -1.74. The van der Waals surface area contributed by atoms with Crippen LogP contribution in [0.4, 0.5) is 0 Å². The van der Waals surface area contributed by atoms with Crippen molar-refractivity contribution < 1.29 is 26.5 Å². The van der Waals surface area contributed by atoms with E-state index in [2.05, 4.69) is 142 Å². The van der Waals surface area contributed by atoms with E-state index in [1.54, 1.807) is 0 Å². The van der Waals surface area contributed by atoms with Gasteiger partial charge in [-0.2, -0.15) is 0 Å². The lowest BCUT2D eigenvalue weighted by atomic mass is 9.93. The molecule has 5 aromatic carbocycles. The lowest BCUT2D eigenvalue weighted by molar-refractivity contribution is -0.134. The van der Waals surface area contributed by atoms with Crippen molar-refractivity contribution in [2.45, 2.75) is 78.1 Å². The van der Waals surface area contributed by atoms with Gasteiger partial charge >= 0.3 is 5.97 Å². The van der Waals surface area contributed by atoms with Crippen LogP contribution >= 0.6 is 7.26 Å². The number of halogens is 1. The monoisotopic (exact) mass is 720 g/mol. The number of aryl methyl sites for hydroxylation is 1. The van der Waals surface area contributed by atoms with Gasteiger partial charge in [-0.3, -0.25) is 4.79 Å². The lowest BCUT2D eigenvalue weighted by Gasteiger charge is -2.27. The molecular formula is C44H50BrO2P. The molecule has 0 aliphatic heterocycles. The first kappa shape index (κ1) is 37.3. The normalized spacial score (nSPS) is 11.2. The summed E-state index contributed by atoms with van der Waals surface area (Å²) in [6, 6.07) is 48.2. The SMILES string of the molecule is Cc1cc(OC(=O)CCCCCCCCC[P+](c2ccccc2)(c2ccccc2)c2ccccc2)c(C(C)C)cc1-c1ccccc1.[Br-]. The van der Waals surface area contributed by atoms with Crippen molar-refractivity contribution in [1.82, 2.24) is 0 Å². The maximum atomic E-state index is 12.9. The third kappa shape index (κ3) is 9.55. The van der Waals surface area contributed by atoms with E-state index >= 15 is 0 Å². The van der Waals surface area contributed by atoms with Crippen LogP contribution < -0.4 is 37.6 Å². The number of unbranched alkanes of at least 4 members (excludes halogenated alkanes) is 6. The van der Waals surface area contributed by atoms with Crippen LogP contribution in [0, 0.1) is 6.92 Å². The summed E-state index contributed by atoms with van der Waals surface area (Å²) in [6.45, 7) is 6.41. The predicted molar refractivity (Wildman–Crippen MR) is 203 cm³/mol. The molecule has 0 amide bonds. The maximum absolute atomic E-state index is 12.9. The fourth-order valence-corrected chi connectivity index (χ4v) is 11.1. The Labute approximate surface area is 300 Å². The summed E-state index contributed by atoms with van der Waals surface area (Å²) in [5, 5.41) is 4.39. The summed E-state index contributed by atoms with van der Waals surface area (Å²) in [7, 11) is -1.74. The van der Waals surface area contributed by atoms with Gasteiger partial charge in [-0.15, -0.1) is 0 Å². The molecule has 0 N–H and O–H groups in total. The van der Waals surface area contributed by atoms with Gasteiger partial charge in [0, 0.05) is 6.42 Å². The Morgan fingerprint density at radius 1 is 0.604 bits per heavy atom. The molecular weight excluding hydrogens is 671 g/mol. The Morgan fingerprint density at radius 2 is 1.04 bits per heavy atom. The second-order valence-electron chi connectivity index (χ2n) is 13.0. The molecule has 0 bridgehead atoms. The van der Waals surface area contributed by atoms with Crippen LogP contribution in [0.15, 0.2) is 133 Å². The summed E-state index contributed by atoms with van der Waals surface area (Å²) >= 11 is 0. The van der Waals surface area contributed by atoms with Crippen LogP contribution in [0.5, 0.6) is 5.75 Å². The molecule has 0 aromatic heterocycles. The van der Waals surface area contributed by atoms with E-state index in [0.29, 0.717) is 12.2 Å². The number of ether oxygens (including phenoxy) is 1. The molecule has 0 aliphatic rings. The first-order valence-corrected chi connectivity index (χ1v) is 19.4. The largest absolute Gasteiger partial charge is 1.00 e. The highest BCUT2D eigenvalue weighted by Gasteiger charge is 2.44. The smallest absolute Gasteiger partial charge is 0.311 e. The van der Waals surface area contributed by atoms with Crippen LogP contribution in [-0.2, 0) is 4.79 Å². The van der Waals surface area contributed by atoms with E-state index in [1.165, 1.54) is 58.9 Å². The molecule has 0 saturated carbocycles. The van der Waals surface area contributed by atoms with Crippen molar-refractivity contribution in [2.24, 2.45) is 0 Å². The van der Waals surface area contributed by atoms with Crippen molar-refractivity contribution in [1.29, 1.82) is 0 Å². The number of rotatable bonds is 16. The first-order chi connectivity index (χ1) is 23.0. The van der Waals surface area contributed by atoms with Gasteiger partial charge in [-0.25, -0.2) is 0 Å². The van der Waals surface area contributed by atoms with Crippen LogP contribution in [0.25, 0.3) is 11.1 Å². The molecule has 5 rings (SSSR count). The molecule has 0 fully saturated rings. The average Bonchev–Trinajstić information content (AvgIpc) is 3.11. The molecule has 250 valence electrons. The van der Waals surface area contributed by atoms with Crippen molar-refractivity contribution in [3.05, 3.63) is 145 Å². The first-order valence-electron chi connectivity index (χ1n) is 17.4. The van der Waals surface area contributed by atoms with Crippen LogP contribution in [0.1, 0.15) is 82.3 Å². The van der Waals surface area contributed by atoms with Gasteiger partial charge < -0.3 is 21.7 Å². The number of esters is 1. The van der Waals surface area contributed by atoms with Crippen LogP contribution in [0.3, 0.4) is 0 Å². The standard InChI is InChI=1S/C44H50O2P.BrH/c1-35(2)41-34-42(37-23-13-9-14-24-37)36(3)33-43(41)46-44(45)31-21-7-5-4-6-8-22-32-47(38-25-15-10-16-26-38,39-27-17-11-18-28-39)40-29-19-12-20-30-40;/h9-20,23-30,33-35H,4-8,21-22,31-32H2,1-3H3;1H/q+1;/p-1. The molecule has 0 atom stereocenters. The van der Waals surface area contributed by atoms with E-state index in [-0.39, 0.29) is 28.9 Å². The van der Waals surface area contributed by atoms with Crippen molar-refractivity contribution >= 4 is 29.1 Å². The maximum Gasteiger partial charge on any atom is 0.311 e. The fourth-order valence-electron chi connectivity index (χ4n) is 6.72. The van der Waals surface area contributed by atoms with Gasteiger partial charge in [-0.05, 0) is 103 Å². The van der Waals surface area contributed by atoms with Crippen LogP contribution in [0.2, 0.25) is 0 Å². The zero-order valence-corrected chi connectivity index (χ0v) is 31.3. The number of carbonyl (C=O) groups is 1. The van der Waals surface area contributed by atoms with E-state index < -0.39 is 7.26 Å². The van der Waals surface area contributed by atoms with Crippen molar-refractivity contribution in [3.8, 4) is 16.9 Å². The predicted octanol–water partition coefficient (Wildman–Crippen LogP) is 7.81. The quantitative estimate of drug-likeness (QED) is 0.0450. The van der Waals surface area contributed by atoms with Gasteiger partial charge in [0.15, 0.2) is 0 Å². The molecule has 0 unspecified atom stereocenters. The molecule has 0 aliphatic carbocycles. The zero-order chi connectivity index (χ0) is 32.9. The number of hydrogen-bond acceptors (Lipinski definition) is 2. The van der Waals surface area contributed by atoms with Gasteiger partial charge in [0.1, 0.15) is 28.9 Å². The number of hydrogen-bond donors (Lipinski definition) is 0. The summed E-state index contributed by atoms with van der Waals surface area (Å²) in [4.78, 5) is 12.9. The van der Waals surface area contributed by atoms with Crippen LogP contribution in [-0.4, -0.2) is 12.1 Å². The molecule has 4 heteroatoms.